The molecule has 0 aliphatic carbocycles. The molecule has 0 saturated carbocycles. The molecule has 2 rings (SSSR count). The first-order valence-electron chi connectivity index (χ1n) is 7.37. The topological polar surface area (TPSA) is 48.0 Å². The van der Waals surface area contributed by atoms with Gasteiger partial charge in [-0.1, -0.05) is 0 Å². The van der Waals surface area contributed by atoms with Gasteiger partial charge in [0.2, 0.25) is 5.91 Å². The van der Waals surface area contributed by atoms with Crippen molar-refractivity contribution in [2.45, 2.75) is 26.0 Å². The maximum Gasteiger partial charge on any atom is 0.246 e. The minimum Gasteiger partial charge on any atom is -0.497 e. The summed E-state index contributed by atoms with van der Waals surface area (Å²) in [7, 11) is 3.20. The van der Waals surface area contributed by atoms with Gasteiger partial charge in [0.25, 0.3) is 0 Å². The summed E-state index contributed by atoms with van der Waals surface area (Å²) in [5, 5.41) is 0. The van der Waals surface area contributed by atoms with E-state index in [1.54, 1.807) is 32.4 Å². The lowest BCUT2D eigenvalue weighted by Crippen LogP contribution is -2.49. The molecule has 1 aliphatic heterocycles. The molecule has 1 aromatic rings. The van der Waals surface area contributed by atoms with Gasteiger partial charge in [0.05, 0.1) is 33.0 Å². The Balaban J connectivity index is 2.12. The zero-order valence-electron chi connectivity index (χ0n) is 13.5. The van der Waals surface area contributed by atoms with E-state index in [0.717, 1.165) is 5.56 Å². The summed E-state index contributed by atoms with van der Waals surface area (Å²) in [4.78, 5) is 14.2. The summed E-state index contributed by atoms with van der Waals surface area (Å²) < 4.78 is 16.0. The van der Waals surface area contributed by atoms with Crippen LogP contribution in [-0.2, 0) is 9.53 Å². The summed E-state index contributed by atoms with van der Waals surface area (Å²) in [5.41, 5.74) is 0.860. The lowest BCUT2D eigenvalue weighted by Gasteiger charge is -2.36. The average molecular weight is 305 g/mol. The van der Waals surface area contributed by atoms with Crippen LogP contribution in [0.2, 0.25) is 0 Å². The number of carbonyl (C=O) groups excluding carboxylic acids is 1. The number of amides is 1. The zero-order valence-corrected chi connectivity index (χ0v) is 13.5. The second-order valence-electron chi connectivity index (χ2n) is 5.46. The third kappa shape index (κ3) is 4.01. The van der Waals surface area contributed by atoms with Crippen molar-refractivity contribution in [2.24, 2.45) is 0 Å². The van der Waals surface area contributed by atoms with E-state index in [2.05, 4.69) is 0 Å². The molecular weight excluding hydrogens is 282 g/mol. The SMILES string of the molecule is COc1cc(/C=C/C(=O)N2CC(C)OCC2C)cc(OC)c1. The number of hydrogen-bond acceptors (Lipinski definition) is 4. The molecule has 0 aromatic heterocycles. The number of nitrogens with zero attached hydrogens (tertiary/aromatic N) is 1. The second-order valence-corrected chi connectivity index (χ2v) is 5.46. The third-order valence-corrected chi connectivity index (χ3v) is 3.68. The molecule has 1 fully saturated rings. The quantitative estimate of drug-likeness (QED) is 0.801. The Labute approximate surface area is 131 Å². The minimum absolute atomic E-state index is 0.00978. The minimum atomic E-state index is -0.00978. The van der Waals surface area contributed by atoms with E-state index in [1.807, 2.05) is 30.9 Å². The van der Waals surface area contributed by atoms with Crippen LogP contribution in [0.1, 0.15) is 19.4 Å². The number of rotatable bonds is 4. The molecule has 1 saturated heterocycles. The molecule has 5 heteroatoms. The van der Waals surface area contributed by atoms with Gasteiger partial charge in [-0.15, -0.1) is 0 Å². The second kappa shape index (κ2) is 7.31. The summed E-state index contributed by atoms with van der Waals surface area (Å²) in [6.45, 7) is 5.16. The van der Waals surface area contributed by atoms with E-state index in [0.29, 0.717) is 24.7 Å². The van der Waals surface area contributed by atoms with Crippen LogP contribution in [0.25, 0.3) is 6.08 Å². The van der Waals surface area contributed by atoms with Crippen LogP contribution in [0.3, 0.4) is 0 Å². The van der Waals surface area contributed by atoms with Crippen LogP contribution in [0, 0.1) is 0 Å². The smallest absolute Gasteiger partial charge is 0.246 e. The molecule has 5 nitrogen and oxygen atoms in total. The van der Waals surface area contributed by atoms with Crippen molar-refractivity contribution < 1.29 is 19.0 Å². The molecular formula is C17H23NO4. The number of morpholine rings is 1. The fourth-order valence-corrected chi connectivity index (χ4v) is 2.40. The van der Waals surface area contributed by atoms with Crippen molar-refractivity contribution in [3.8, 4) is 11.5 Å². The molecule has 0 bridgehead atoms. The van der Waals surface area contributed by atoms with Crippen LogP contribution in [0.4, 0.5) is 0 Å². The highest BCUT2D eigenvalue weighted by Gasteiger charge is 2.25. The van der Waals surface area contributed by atoms with Gasteiger partial charge in [-0.05, 0) is 37.6 Å². The molecule has 1 amide bonds. The van der Waals surface area contributed by atoms with E-state index >= 15 is 0 Å². The van der Waals surface area contributed by atoms with Crippen LogP contribution in [0.15, 0.2) is 24.3 Å². The fourth-order valence-electron chi connectivity index (χ4n) is 2.40. The van der Waals surface area contributed by atoms with Crippen LogP contribution in [-0.4, -0.2) is 50.3 Å². The van der Waals surface area contributed by atoms with Gasteiger partial charge in [-0.3, -0.25) is 4.79 Å². The van der Waals surface area contributed by atoms with Gasteiger partial charge in [-0.25, -0.2) is 0 Å². The highest BCUT2D eigenvalue weighted by atomic mass is 16.5. The summed E-state index contributed by atoms with van der Waals surface area (Å²) in [6.07, 6.45) is 3.44. The van der Waals surface area contributed by atoms with Crippen molar-refractivity contribution in [3.05, 3.63) is 29.8 Å². The molecule has 2 unspecified atom stereocenters. The number of hydrogen-bond donors (Lipinski definition) is 0. The highest BCUT2D eigenvalue weighted by molar-refractivity contribution is 5.92. The summed E-state index contributed by atoms with van der Waals surface area (Å²) in [5.74, 6) is 1.38. The Bertz CT molecular complexity index is 533. The standard InChI is InChI=1S/C17H23NO4/c1-12-11-22-13(2)10-18(12)17(19)6-5-14-7-15(20-3)9-16(8-14)21-4/h5-9,12-13H,10-11H2,1-4H3/b6-5+. The number of benzene rings is 1. The number of carbonyl (C=O) groups is 1. The van der Waals surface area contributed by atoms with Gasteiger partial charge >= 0.3 is 0 Å². The number of methoxy groups -OCH3 is 2. The number of ether oxygens (including phenoxy) is 3. The predicted molar refractivity (Wildman–Crippen MR) is 85.2 cm³/mol. The van der Waals surface area contributed by atoms with E-state index in [-0.39, 0.29) is 18.1 Å². The highest BCUT2D eigenvalue weighted by Crippen LogP contribution is 2.23. The van der Waals surface area contributed by atoms with E-state index in [1.165, 1.54) is 0 Å². The molecule has 1 heterocycles. The first-order valence-corrected chi connectivity index (χ1v) is 7.37. The summed E-state index contributed by atoms with van der Waals surface area (Å²) >= 11 is 0. The van der Waals surface area contributed by atoms with Crippen molar-refractivity contribution >= 4 is 12.0 Å². The van der Waals surface area contributed by atoms with Crippen molar-refractivity contribution in [1.82, 2.24) is 4.90 Å². The lowest BCUT2D eigenvalue weighted by atomic mass is 10.1. The molecule has 0 radical (unpaired) electrons. The zero-order chi connectivity index (χ0) is 16.1. The Hall–Kier alpha value is -2.01. The van der Waals surface area contributed by atoms with E-state index < -0.39 is 0 Å². The van der Waals surface area contributed by atoms with Gasteiger partial charge in [-0.2, -0.15) is 0 Å². The molecule has 1 aliphatic rings. The van der Waals surface area contributed by atoms with Crippen molar-refractivity contribution in [2.75, 3.05) is 27.4 Å². The normalized spacial score (nSPS) is 21.9. The van der Waals surface area contributed by atoms with Gasteiger partial charge in [0, 0.05) is 18.7 Å². The molecule has 1 aromatic carbocycles. The van der Waals surface area contributed by atoms with Crippen LogP contribution >= 0.6 is 0 Å². The molecule has 0 N–H and O–H groups in total. The fraction of sp³-hybridized carbons (Fsp3) is 0.471. The Morgan fingerprint density at radius 1 is 1.23 bits per heavy atom. The predicted octanol–water partition coefficient (Wildman–Crippen LogP) is 2.35. The molecule has 2 atom stereocenters. The maximum absolute atomic E-state index is 12.4. The third-order valence-electron chi connectivity index (χ3n) is 3.68. The van der Waals surface area contributed by atoms with Crippen molar-refractivity contribution in [3.63, 3.8) is 0 Å². The first kappa shape index (κ1) is 16.4. The molecule has 0 spiro atoms. The van der Waals surface area contributed by atoms with Gasteiger partial charge in [0.1, 0.15) is 11.5 Å². The Morgan fingerprint density at radius 3 is 2.45 bits per heavy atom. The van der Waals surface area contributed by atoms with Crippen LogP contribution < -0.4 is 9.47 Å². The average Bonchev–Trinajstić information content (AvgIpc) is 2.54. The molecule has 22 heavy (non-hydrogen) atoms. The maximum atomic E-state index is 12.4. The van der Waals surface area contributed by atoms with E-state index in [4.69, 9.17) is 14.2 Å². The largest absolute Gasteiger partial charge is 0.497 e. The van der Waals surface area contributed by atoms with Gasteiger partial charge < -0.3 is 19.1 Å². The first-order chi connectivity index (χ1) is 10.5. The molecule has 120 valence electrons. The van der Waals surface area contributed by atoms with Crippen LogP contribution in [0.5, 0.6) is 11.5 Å². The monoisotopic (exact) mass is 305 g/mol. The Kier molecular flexibility index (Phi) is 5.44. The lowest BCUT2D eigenvalue weighted by molar-refractivity contribution is -0.137. The van der Waals surface area contributed by atoms with Gasteiger partial charge in [0.15, 0.2) is 0 Å². The van der Waals surface area contributed by atoms with E-state index in [9.17, 15) is 4.79 Å². The Morgan fingerprint density at radius 2 is 1.86 bits per heavy atom. The summed E-state index contributed by atoms with van der Waals surface area (Å²) in [6, 6.07) is 5.61. The van der Waals surface area contributed by atoms with Crippen molar-refractivity contribution in [1.29, 1.82) is 0 Å².